The van der Waals surface area contributed by atoms with Crippen molar-refractivity contribution in [3.05, 3.63) is 0 Å². The summed E-state index contributed by atoms with van der Waals surface area (Å²) in [4.78, 5) is 16.9. The number of halogens is 1. The molecule has 37 valence electrons. The SMILES string of the molecule is O=P([O-])([O-])F.[Mn+2].[Na+]. The Morgan fingerprint density at radius 1 is 1.43 bits per heavy atom. The predicted octanol–water partition coefficient (Wildman–Crippen LogP) is -4.21. The Kier molecular flexibility index (Phi) is 13.0. The Balaban J connectivity index is -0.0000000800. The molecule has 0 aromatic heterocycles. The van der Waals surface area contributed by atoms with E-state index in [1.165, 1.54) is 0 Å². The molecular formula is FMnNaO3P+. The van der Waals surface area contributed by atoms with Gasteiger partial charge in [0.25, 0.3) is 0 Å². The summed E-state index contributed by atoms with van der Waals surface area (Å²) < 4.78 is 18.6. The summed E-state index contributed by atoms with van der Waals surface area (Å²) in [6.07, 6.45) is 0. The van der Waals surface area contributed by atoms with Crippen molar-refractivity contribution in [1.82, 2.24) is 0 Å². The topological polar surface area (TPSA) is 63.2 Å². The van der Waals surface area contributed by atoms with Crippen molar-refractivity contribution in [2.24, 2.45) is 0 Å². The van der Waals surface area contributed by atoms with E-state index in [0.29, 0.717) is 0 Å². The molecule has 0 amide bonds. The summed E-state index contributed by atoms with van der Waals surface area (Å²) in [5, 5.41) is 0. The number of hydrogen-bond acceptors (Lipinski definition) is 3. The summed E-state index contributed by atoms with van der Waals surface area (Å²) in [6, 6.07) is 0. The molecule has 0 fully saturated rings. The molecular weight excluding hydrogens is 176 g/mol. The van der Waals surface area contributed by atoms with E-state index < -0.39 is 7.91 Å². The maximum absolute atomic E-state index is 10.1. The summed E-state index contributed by atoms with van der Waals surface area (Å²) in [7, 11) is -5.64. The fourth-order valence-electron chi connectivity index (χ4n) is 0. The Morgan fingerprint density at radius 3 is 1.43 bits per heavy atom. The van der Waals surface area contributed by atoms with Crippen LogP contribution in [0.15, 0.2) is 0 Å². The largest absolute Gasteiger partial charge is 2.00 e. The van der Waals surface area contributed by atoms with Gasteiger partial charge in [-0.05, 0) is 0 Å². The molecule has 3 nitrogen and oxygen atoms in total. The zero-order chi connectivity index (χ0) is 4.50. The minimum atomic E-state index is -5.64. The van der Waals surface area contributed by atoms with Gasteiger partial charge >= 0.3 is 46.6 Å². The van der Waals surface area contributed by atoms with Gasteiger partial charge in [0.1, 0.15) is 7.91 Å². The molecule has 0 saturated heterocycles. The second-order valence-corrected chi connectivity index (χ2v) is 1.29. The van der Waals surface area contributed by atoms with Crippen molar-refractivity contribution in [2.75, 3.05) is 0 Å². The van der Waals surface area contributed by atoms with E-state index in [9.17, 15) is 4.20 Å². The second-order valence-electron chi connectivity index (χ2n) is 0.431. The van der Waals surface area contributed by atoms with Gasteiger partial charge in [0.05, 0.1) is 0 Å². The first-order chi connectivity index (χ1) is 2.00. The molecule has 0 spiro atoms. The van der Waals surface area contributed by atoms with E-state index in [0.717, 1.165) is 0 Å². The van der Waals surface area contributed by atoms with Crippen LogP contribution >= 0.6 is 7.91 Å². The van der Waals surface area contributed by atoms with Crippen LogP contribution in [0, 0.1) is 0 Å². The van der Waals surface area contributed by atoms with Crippen LogP contribution < -0.4 is 39.3 Å². The molecule has 0 aliphatic carbocycles. The zero-order valence-corrected chi connectivity index (χ0v) is 7.50. The fraction of sp³-hybridized carbons (Fsp3) is 0. The summed E-state index contributed by atoms with van der Waals surface area (Å²) in [6.45, 7) is 0. The van der Waals surface area contributed by atoms with Crippen LogP contribution in [0.5, 0.6) is 0 Å². The number of hydrogen-bond donors (Lipinski definition) is 0. The van der Waals surface area contributed by atoms with E-state index in [-0.39, 0.29) is 46.6 Å². The fourth-order valence-corrected chi connectivity index (χ4v) is 0. The molecule has 7 heteroatoms. The standard InChI is InChI=1S/FH2O3P.Mn.Na/c1-5(2,3)4;;/h(H2,2,3,4);;/q;+2;+1/p-2. The normalized spacial score (nSPS) is 8.43. The van der Waals surface area contributed by atoms with Gasteiger partial charge in [-0.2, -0.15) is 0 Å². The molecule has 0 unspecified atom stereocenters. The zero-order valence-electron chi connectivity index (χ0n) is 3.43. The maximum Gasteiger partial charge on any atom is 2.00 e. The van der Waals surface area contributed by atoms with E-state index in [1.54, 1.807) is 0 Å². The van der Waals surface area contributed by atoms with Crippen LogP contribution in [0.1, 0.15) is 0 Å². The van der Waals surface area contributed by atoms with Gasteiger partial charge in [-0.25, -0.2) is 4.20 Å². The Hall–Kier alpha value is 1.60. The van der Waals surface area contributed by atoms with E-state index in [1.807, 2.05) is 0 Å². The summed E-state index contributed by atoms with van der Waals surface area (Å²) in [5.74, 6) is 0. The first-order valence-corrected chi connectivity index (χ1v) is 2.15. The average Bonchev–Trinajstić information content (AvgIpc) is 0.722. The smallest absolute Gasteiger partial charge is 0.786 e. The summed E-state index contributed by atoms with van der Waals surface area (Å²) >= 11 is 0. The molecule has 0 heterocycles. The van der Waals surface area contributed by atoms with E-state index in [4.69, 9.17) is 14.4 Å². The summed E-state index contributed by atoms with van der Waals surface area (Å²) in [5.41, 5.74) is 0. The monoisotopic (exact) mass is 176 g/mol. The van der Waals surface area contributed by atoms with Gasteiger partial charge in [-0.1, -0.05) is 0 Å². The van der Waals surface area contributed by atoms with Crippen LogP contribution in [0.4, 0.5) is 4.20 Å². The van der Waals surface area contributed by atoms with Crippen molar-refractivity contribution in [2.45, 2.75) is 0 Å². The number of rotatable bonds is 0. The average molecular weight is 176 g/mol. The molecule has 7 heavy (non-hydrogen) atoms. The third-order valence-electron chi connectivity index (χ3n) is 0. The molecule has 0 atom stereocenters. The third kappa shape index (κ3) is 93.1. The molecule has 0 aliphatic rings. The van der Waals surface area contributed by atoms with Crippen molar-refractivity contribution in [1.29, 1.82) is 0 Å². The van der Waals surface area contributed by atoms with Gasteiger partial charge in [-0.3, -0.25) is 0 Å². The third-order valence-corrected chi connectivity index (χ3v) is 0. The molecule has 1 radical (unpaired) electrons. The molecule has 0 saturated carbocycles. The Labute approximate surface area is 72.7 Å². The maximum atomic E-state index is 10.1. The molecule has 0 bridgehead atoms. The Bertz CT molecular complexity index is 61.1. The van der Waals surface area contributed by atoms with Crippen LogP contribution in [0.2, 0.25) is 0 Å². The van der Waals surface area contributed by atoms with Gasteiger partial charge in [0.2, 0.25) is 0 Å². The Morgan fingerprint density at radius 2 is 1.43 bits per heavy atom. The van der Waals surface area contributed by atoms with Crippen molar-refractivity contribution >= 4 is 7.91 Å². The second kappa shape index (κ2) is 5.73. The molecule has 0 aliphatic heterocycles. The molecule has 0 aromatic carbocycles. The first-order valence-electron chi connectivity index (χ1n) is 0.717. The predicted molar refractivity (Wildman–Crippen MR) is 8.71 cm³/mol. The van der Waals surface area contributed by atoms with Gasteiger partial charge < -0.3 is 14.4 Å². The van der Waals surface area contributed by atoms with Crippen molar-refractivity contribution < 1.29 is 65.2 Å². The van der Waals surface area contributed by atoms with Crippen LogP contribution in [0.25, 0.3) is 0 Å². The van der Waals surface area contributed by atoms with Crippen molar-refractivity contribution in [3.8, 4) is 0 Å². The van der Waals surface area contributed by atoms with Gasteiger partial charge in [0.15, 0.2) is 0 Å². The van der Waals surface area contributed by atoms with E-state index in [2.05, 4.69) is 0 Å². The minimum absolute atomic E-state index is 0. The van der Waals surface area contributed by atoms with E-state index >= 15 is 0 Å². The molecule has 0 rings (SSSR count). The molecule has 0 N–H and O–H groups in total. The van der Waals surface area contributed by atoms with Crippen LogP contribution in [0.3, 0.4) is 0 Å². The first kappa shape index (κ1) is 15.8. The van der Waals surface area contributed by atoms with Gasteiger partial charge in [0, 0.05) is 0 Å². The van der Waals surface area contributed by atoms with Crippen molar-refractivity contribution in [3.63, 3.8) is 0 Å². The van der Waals surface area contributed by atoms with Crippen LogP contribution in [-0.4, -0.2) is 0 Å². The molecule has 0 aromatic rings. The minimum Gasteiger partial charge on any atom is -0.786 e. The van der Waals surface area contributed by atoms with Gasteiger partial charge in [-0.15, -0.1) is 0 Å². The van der Waals surface area contributed by atoms with Crippen LogP contribution in [-0.2, 0) is 21.6 Å². The quantitative estimate of drug-likeness (QED) is 0.277.